The number of nitrogens with one attached hydrogen (secondary N) is 1. The number of hydrogen-bond acceptors (Lipinski definition) is 7. The highest BCUT2D eigenvalue weighted by Gasteiger charge is 2.55. The van der Waals surface area contributed by atoms with Gasteiger partial charge in [-0.05, 0) is 22.6 Å². The molecule has 0 saturated carbocycles. The zero-order valence-electron chi connectivity index (χ0n) is 19.4. The quantitative estimate of drug-likeness (QED) is 0.337. The van der Waals surface area contributed by atoms with Gasteiger partial charge in [-0.15, -0.1) is 23.1 Å². The average molecular weight is 535 g/mol. The first kappa shape index (κ1) is 24.8. The number of aliphatic carboxylic acids is 1. The van der Waals surface area contributed by atoms with E-state index in [1.165, 1.54) is 23.1 Å². The van der Waals surface area contributed by atoms with Crippen LogP contribution in [-0.4, -0.2) is 50.9 Å². The molecule has 8 nitrogen and oxygen atoms in total. The normalized spacial score (nSPS) is 18.7. The molecular weight excluding hydrogens is 512 g/mol. The third kappa shape index (κ3) is 5.03. The van der Waals surface area contributed by atoms with Crippen molar-refractivity contribution in [1.82, 2.24) is 10.2 Å². The van der Waals surface area contributed by atoms with Crippen LogP contribution < -0.4 is 5.32 Å². The standard InChI is InChI=1S/C27H22N2O6S2/c30-20(14-18-12-7-13-36-18)28-21-24(31)29-22(19(26(32)33)15-37-25(21)29)27(34)35-23(16-8-3-1-4-9-16)17-10-5-2-6-11-17/h1-13,21,23,25H,14-15H2,(H,28,30)(H,32,33)/t21-,25-/m1/s1. The van der Waals surface area contributed by atoms with Gasteiger partial charge in [0.25, 0.3) is 5.91 Å². The molecule has 2 atom stereocenters. The largest absolute Gasteiger partial charge is 0.478 e. The molecule has 10 heteroatoms. The van der Waals surface area contributed by atoms with Gasteiger partial charge in [0.15, 0.2) is 6.10 Å². The molecule has 2 aromatic carbocycles. The van der Waals surface area contributed by atoms with Crippen LogP contribution in [0.5, 0.6) is 0 Å². The van der Waals surface area contributed by atoms with E-state index in [0.717, 1.165) is 9.78 Å². The van der Waals surface area contributed by atoms with E-state index in [2.05, 4.69) is 5.32 Å². The molecule has 2 aliphatic rings. The van der Waals surface area contributed by atoms with Crippen molar-refractivity contribution in [2.45, 2.75) is 23.9 Å². The van der Waals surface area contributed by atoms with Crippen molar-refractivity contribution in [2.24, 2.45) is 0 Å². The van der Waals surface area contributed by atoms with Gasteiger partial charge < -0.3 is 15.2 Å². The first-order valence-corrected chi connectivity index (χ1v) is 13.4. The molecule has 37 heavy (non-hydrogen) atoms. The van der Waals surface area contributed by atoms with Crippen LogP contribution >= 0.6 is 23.1 Å². The molecule has 0 spiro atoms. The van der Waals surface area contributed by atoms with E-state index in [-0.39, 0.29) is 29.4 Å². The van der Waals surface area contributed by atoms with Gasteiger partial charge in [0.05, 0.1) is 12.0 Å². The topological polar surface area (TPSA) is 113 Å². The molecule has 3 heterocycles. The summed E-state index contributed by atoms with van der Waals surface area (Å²) in [5.74, 6) is -3.07. The predicted molar refractivity (Wildman–Crippen MR) is 139 cm³/mol. The van der Waals surface area contributed by atoms with E-state index in [4.69, 9.17) is 4.74 Å². The van der Waals surface area contributed by atoms with Crippen molar-refractivity contribution in [1.29, 1.82) is 0 Å². The Bertz CT molecular complexity index is 1320. The Balaban J connectivity index is 1.39. The minimum absolute atomic E-state index is 0.00709. The molecule has 5 rings (SSSR count). The number of rotatable bonds is 8. The Morgan fingerprint density at radius 3 is 2.22 bits per heavy atom. The number of nitrogens with zero attached hydrogens (tertiary/aromatic N) is 1. The molecule has 1 saturated heterocycles. The van der Waals surface area contributed by atoms with Gasteiger partial charge >= 0.3 is 11.9 Å². The number of ether oxygens (including phenoxy) is 1. The fourth-order valence-corrected chi connectivity index (χ4v) is 6.35. The summed E-state index contributed by atoms with van der Waals surface area (Å²) in [6.07, 6.45) is -0.664. The summed E-state index contributed by atoms with van der Waals surface area (Å²) in [5.41, 5.74) is 0.912. The number of benzene rings is 2. The molecular formula is C27H22N2O6S2. The van der Waals surface area contributed by atoms with Gasteiger partial charge in [0, 0.05) is 10.6 Å². The molecule has 2 aliphatic heterocycles. The first-order valence-electron chi connectivity index (χ1n) is 11.5. The molecule has 1 aromatic heterocycles. The lowest BCUT2D eigenvalue weighted by Crippen LogP contribution is -2.70. The number of carbonyl (C=O) groups excluding carboxylic acids is 3. The van der Waals surface area contributed by atoms with Crippen LogP contribution in [-0.2, 0) is 30.3 Å². The van der Waals surface area contributed by atoms with Crippen LogP contribution in [0.2, 0.25) is 0 Å². The molecule has 0 bridgehead atoms. The SMILES string of the molecule is O=C(Cc1cccs1)N[C@@H]1C(=O)N2C(C(=O)OC(c3ccccc3)c3ccccc3)=C(C(=O)O)CS[C@H]12. The highest BCUT2D eigenvalue weighted by molar-refractivity contribution is 8.00. The Morgan fingerprint density at radius 1 is 1.00 bits per heavy atom. The fourth-order valence-electron chi connectivity index (χ4n) is 4.32. The van der Waals surface area contributed by atoms with E-state index in [1.54, 1.807) is 0 Å². The average Bonchev–Trinajstić information content (AvgIpc) is 3.43. The van der Waals surface area contributed by atoms with Crippen molar-refractivity contribution < 1.29 is 29.0 Å². The molecule has 0 radical (unpaired) electrons. The Labute approximate surface area is 220 Å². The van der Waals surface area contributed by atoms with Gasteiger partial charge in [0.2, 0.25) is 5.91 Å². The fraction of sp³-hybridized carbons (Fsp3) is 0.185. The third-order valence-corrected chi connectivity index (χ3v) is 8.24. The lowest BCUT2D eigenvalue weighted by molar-refractivity contribution is -0.155. The lowest BCUT2D eigenvalue weighted by Gasteiger charge is -2.49. The summed E-state index contributed by atoms with van der Waals surface area (Å²) in [6, 6.07) is 21.0. The van der Waals surface area contributed by atoms with Crippen LogP contribution in [0, 0.1) is 0 Å². The predicted octanol–water partition coefficient (Wildman–Crippen LogP) is 3.36. The summed E-state index contributed by atoms with van der Waals surface area (Å²) in [6.45, 7) is 0. The molecule has 2 N–H and O–H groups in total. The third-order valence-electron chi connectivity index (χ3n) is 6.08. The van der Waals surface area contributed by atoms with Gasteiger partial charge in [-0.1, -0.05) is 66.7 Å². The summed E-state index contributed by atoms with van der Waals surface area (Å²) >= 11 is 2.63. The van der Waals surface area contributed by atoms with Gasteiger partial charge in [0.1, 0.15) is 17.1 Å². The number of hydrogen-bond donors (Lipinski definition) is 2. The monoisotopic (exact) mass is 534 g/mol. The zero-order chi connectivity index (χ0) is 25.9. The summed E-state index contributed by atoms with van der Waals surface area (Å²) in [7, 11) is 0. The smallest absolute Gasteiger partial charge is 0.356 e. The molecule has 0 aliphatic carbocycles. The Morgan fingerprint density at radius 2 is 1.65 bits per heavy atom. The van der Waals surface area contributed by atoms with Crippen molar-refractivity contribution in [3.63, 3.8) is 0 Å². The van der Waals surface area contributed by atoms with E-state index < -0.39 is 35.4 Å². The maximum absolute atomic E-state index is 13.5. The van der Waals surface area contributed by atoms with Crippen LogP contribution in [0.25, 0.3) is 0 Å². The summed E-state index contributed by atoms with van der Waals surface area (Å²) in [4.78, 5) is 53.2. The van der Waals surface area contributed by atoms with Crippen molar-refractivity contribution in [3.05, 3.63) is 105 Å². The van der Waals surface area contributed by atoms with Crippen LogP contribution in [0.1, 0.15) is 22.1 Å². The maximum Gasteiger partial charge on any atom is 0.356 e. The molecule has 0 unspecified atom stereocenters. The van der Waals surface area contributed by atoms with E-state index in [9.17, 15) is 24.3 Å². The number of carboxylic acid groups (broad SMARTS) is 1. The molecule has 2 amide bonds. The Kier molecular flexibility index (Phi) is 7.11. The van der Waals surface area contributed by atoms with Crippen LogP contribution in [0.3, 0.4) is 0 Å². The zero-order valence-corrected chi connectivity index (χ0v) is 21.0. The number of carbonyl (C=O) groups is 4. The number of fused-ring (bicyclic) bond motifs is 1. The minimum atomic E-state index is -1.30. The summed E-state index contributed by atoms with van der Waals surface area (Å²) < 4.78 is 5.88. The molecule has 3 aromatic rings. The second-order valence-corrected chi connectivity index (χ2v) is 10.6. The van der Waals surface area contributed by atoms with E-state index >= 15 is 0 Å². The van der Waals surface area contributed by atoms with Gasteiger partial charge in [-0.3, -0.25) is 14.5 Å². The number of amides is 2. The number of β-lactam (4-membered cyclic amide) rings is 1. The van der Waals surface area contributed by atoms with Crippen molar-refractivity contribution in [3.8, 4) is 0 Å². The van der Waals surface area contributed by atoms with Crippen molar-refractivity contribution in [2.75, 3.05) is 5.75 Å². The Hall–Kier alpha value is -3.89. The first-order chi connectivity index (χ1) is 17.9. The number of thiophene rings is 1. The van der Waals surface area contributed by atoms with Crippen molar-refractivity contribution >= 4 is 46.9 Å². The molecule has 1 fully saturated rings. The number of thioether (sulfide) groups is 1. The highest BCUT2D eigenvalue weighted by atomic mass is 32.2. The molecule has 188 valence electrons. The van der Waals surface area contributed by atoms with E-state index in [0.29, 0.717) is 11.1 Å². The van der Waals surface area contributed by atoms with Gasteiger partial charge in [-0.2, -0.15) is 0 Å². The number of esters is 1. The second kappa shape index (κ2) is 10.6. The lowest BCUT2D eigenvalue weighted by atomic mass is 10.0. The number of carboxylic acids is 1. The van der Waals surface area contributed by atoms with Crippen LogP contribution in [0.15, 0.2) is 89.4 Å². The second-order valence-electron chi connectivity index (χ2n) is 8.45. The summed E-state index contributed by atoms with van der Waals surface area (Å²) in [5, 5.41) is 13.8. The minimum Gasteiger partial charge on any atom is -0.478 e. The van der Waals surface area contributed by atoms with Gasteiger partial charge in [-0.25, -0.2) is 9.59 Å². The highest BCUT2D eigenvalue weighted by Crippen LogP contribution is 2.41. The van der Waals surface area contributed by atoms with Crippen LogP contribution in [0.4, 0.5) is 0 Å². The maximum atomic E-state index is 13.5. The van der Waals surface area contributed by atoms with E-state index in [1.807, 2.05) is 78.2 Å².